The highest BCUT2D eigenvalue weighted by molar-refractivity contribution is 5.63. The molecule has 0 bridgehead atoms. The van der Waals surface area contributed by atoms with Gasteiger partial charge in [-0.3, -0.25) is 0 Å². The van der Waals surface area contributed by atoms with Gasteiger partial charge in [0.05, 0.1) is 21.3 Å². The van der Waals surface area contributed by atoms with Gasteiger partial charge >= 0.3 is 0 Å². The first-order valence-electron chi connectivity index (χ1n) is 6.81. The van der Waals surface area contributed by atoms with E-state index in [2.05, 4.69) is 24.4 Å². The van der Waals surface area contributed by atoms with Crippen LogP contribution in [0.4, 0.5) is 5.69 Å². The second kappa shape index (κ2) is 6.88. The maximum atomic E-state index is 5.36. The number of benzene rings is 2. The van der Waals surface area contributed by atoms with Crippen molar-refractivity contribution < 1.29 is 14.2 Å². The van der Waals surface area contributed by atoms with Crippen LogP contribution in [0.3, 0.4) is 0 Å². The minimum Gasteiger partial charge on any atom is -0.493 e. The Kier molecular flexibility index (Phi) is 4.93. The summed E-state index contributed by atoms with van der Waals surface area (Å²) < 4.78 is 16.0. The van der Waals surface area contributed by atoms with Crippen molar-refractivity contribution in [3.05, 3.63) is 48.0 Å². The number of hydrogen-bond donors (Lipinski definition) is 1. The van der Waals surface area contributed by atoms with Gasteiger partial charge in [-0.1, -0.05) is 30.3 Å². The van der Waals surface area contributed by atoms with Gasteiger partial charge in [-0.05, 0) is 12.5 Å². The Balaban J connectivity index is 2.28. The molecule has 2 aromatic carbocycles. The topological polar surface area (TPSA) is 39.7 Å². The molecule has 0 aliphatic carbocycles. The second-order valence-electron chi connectivity index (χ2n) is 4.69. The lowest BCUT2D eigenvalue weighted by Gasteiger charge is -2.19. The van der Waals surface area contributed by atoms with Crippen LogP contribution in [0.1, 0.15) is 18.5 Å². The van der Waals surface area contributed by atoms with Gasteiger partial charge in [0.2, 0.25) is 5.75 Å². The fourth-order valence-electron chi connectivity index (χ4n) is 2.24. The van der Waals surface area contributed by atoms with E-state index in [0.29, 0.717) is 17.2 Å². The minimum absolute atomic E-state index is 0.175. The molecule has 21 heavy (non-hydrogen) atoms. The average Bonchev–Trinajstić information content (AvgIpc) is 2.54. The van der Waals surface area contributed by atoms with Crippen molar-refractivity contribution in [3.63, 3.8) is 0 Å². The first-order valence-corrected chi connectivity index (χ1v) is 6.81. The summed E-state index contributed by atoms with van der Waals surface area (Å²) in [6, 6.07) is 14.2. The van der Waals surface area contributed by atoms with Gasteiger partial charge in [-0.25, -0.2) is 0 Å². The molecule has 0 fully saturated rings. The molecule has 0 saturated carbocycles. The zero-order chi connectivity index (χ0) is 15.2. The first-order chi connectivity index (χ1) is 10.2. The molecule has 1 unspecified atom stereocenters. The summed E-state index contributed by atoms with van der Waals surface area (Å²) in [6.45, 7) is 2.11. The smallest absolute Gasteiger partial charge is 0.203 e. The van der Waals surface area contributed by atoms with Crippen LogP contribution in [0.5, 0.6) is 17.2 Å². The van der Waals surface area contributed by atoms with Crippen molar-refractivity contribution in [2.24, 2.45) is 0 Å². The normalized spacial score (nSPS) is 11.6. The summed E-state index contributed by atoms with van der Waals surface area (Å²) >= 11 is 0. The van der Waals surface area contributed by atoms with E-state index in [4.69, 9.17) is 14.2 Å². The molecule has 2 aromatic rings. The average molecular weight is 287 g/mol. The largest absolute Gasteiger partial charge is 0.493 e. The van der Waals surface area contributed by atoms with Crippen molar-refractivity contribution in [2.45, 2.75) is 13.0 Å². The standard InChI is InChI=1S/C17H21NO3/c1-12(13-8-6-5-7-9-13)18-14-10-15(19-2)17(21-4)16(11-14)20-3/h5-12,18H,1-4H3. The zero-order valence-corrected chi connectivity index (χ0v) is 12.8. The molecule has 0 amide bonds. The summed E-state index contributed by atoms with van der Waals surface area (Å²) in [5.74, 6) is 1.87. The fourth-order valence-corrected chi connectivity index (χ4v) is 2.24. The van der Waals surface area contributed by atoms with E-state index in [1.165, 1.54) is 5.56 Å². The highest BCUT2D eigenvalue weighted by Gasteiger charge is 2.14. The van der Waals surface area contributed by atoms with Crippen LogP contribution < -0.4 is 19.5 Å². The SMILES string of the molecule is COc1cc(NC(C)c2ccccc2)cc(OC)c1OC. The Morgan fingerprint density at radius 3 is 1.90 bits per heavy atom. The van der Waals surface area contributed by atoms with E-state index in [9.17, 15) is 0 Å². The van der Waals surface area contributed by atoms with E-state index in [-0.39, 0.29) is 6.04 Å². The second-order valence-corrected chi connectivity index (χ2v) is 4.69. The molecule has 4 nitrogen and oxygen atoms in total. The summed E-state index contributed by atoms with van der Waals surface area (Å²) in [5.41, 5.74) is 2.13. The predicted octanol–water partition coefficient (Wildman–Crippen LogP) is 3.89. The number of ether oxygens (including phenoxy) is 3. The molecular formula is C17H21NO3. The predicted molar refractivity (Wildman–Crippen MR) is 84.6 cm³/mol. The Morgan fingerprint density at radius 2 is 1.43 bits per heavy atom. The van der Waals surface area contributed by atoms with Gasteiger partial charge in [0.25, 0.3) is 0 Å². The number of anilines is 1. The van der Waals surface area contributed by atoms with Gasteiger partial charge in [-0.2, -0.15) is 0 Å². The maximum Gasteiger partial charge on any atom is 0.203 e. The Bertz CT molecular complexity index is 559. The summed E-state index contributed by atoms with van der Waals surface area (Å²) in [7, 11) is 4.82. The number of nitrogens with one attached hydrogen (secondary N) is 1. The number of methoxy groups -OCH3 is 3. The van der Waals surface area contributed by atoms with Gasteiger partial charge in [-0.15, -0.1) is 0 Å². The van der Waals surface area contributed by atoms with E-state index < -0.39 is 0 Å². The van der Waals surface area contributed by atoms with Crippen molar-refractivity contribution >= 4 is 5.69 Å². The van der Waals surface area contributed by atoms with Crippen LogP contribution in [-0.2, 0) is 0 Å². The lowest BCUT2D eigenvalue weighted by Crippen LogP contribution is -2.07. The van der Waals surface area contributed by atoms with Gasteiger partial charge in [0.1, 0.15) is 0 Å². The Labute approximate surface area is 125 Å². The van der Waals surface area contributed by atoms with Gasteiger partial charge in [0.15, 0.2) is 11.5 Å². The zero-order valence-electron chi connectivity index (χ0n) is 12.8. The quantitative estimate of drug-likeness (QED) is 0.875. The molecule has 0 aromatic heterocycles. The highest BCUT2D eigenvalue weighted by atomic mass is 16.5. The molecule has 0 radical (unpaired) electrons. The van der Waals surface area contributed by atoms with Crippen LogP contribution in [0.15, 0.2) is 42.5 Å². The van der Waals surface area contributed by atoms with Crippen LogP contribution in [0, 0.1) is 0 Å². The van der Waals surface area contributed by atoms with Gasteiger partial charge in [0, 0.05) is 23.9 Å². The molecule has 0 saturated heterocycles. The molecule has 2 rings (SSSR count). The third-order valence-electron chi connectivity index (χ3n) is 3.35. The molecule has 0 spiro atoms. The van der Waals surface area contributed by atoms with E-state index in [0.717, 1.165) is 5.69 Å². The Morgan fingerprint density at radius 1 is 0.857 bits per heavy atom. The molecule has 0 heterocycles. The third kappa shape index (κ3) is 3.40. The molecular weight excluding hydrogens is 266 g/mol. The molecule has 1 atom stereocenters. The molecule has 1 N–H and O–H groups in total. The monoisotopic (exact) mass is 287 g/mol. The summed E-state index contributed by atoms with van der Waals surface area (Å²) in [4.78, 5) is 0. The third-order valence-corrected chi connectivity index (χ3v) is 3.35. The summed E-state index contributed by atoms with van der Waals surface area (Å²) in [6.07, 6.45) is 0. The maximum absolute atomic E-state index is 5.36. The van der Waals surface area contributed by atoms with E-state index in [1.807, 2.05) is 30.3 Å². The fraction of sp³-hybridized carbons (Fsp3) is 0.294. The molecule has 112 valence electrons. The Hall–Kier alpha value is -2.36. The van der Waals surface area contributed by atoms with Gasteiger partial charge < -0.3 is 19.5 Å². The lowest BCUT2D eigenvalue weighted by atomic mass is 10.1. The number of rotatable bonds is 6. The first kappa shape index (κ1) is 15.0. The summed E-state index contributed by atoms with van der Waals surface area (Å²) in [5, 5.41) is 3.44. The molecule has 4 heteroatoms. The lowest BCUT2D eigenvalue weighted by molar-refractivity contribution is 0.324. The highest BCUT2D eigenvalue weighted by Crippen LogP contribution is 2.40. The van der Waals surface area contributed by atoms with Crippen LogP contribution in [0.25, 0.3) is 0 Å². The van der Waals surface area contributed by atoms with Crippen molar-refractivity contribution in [3.8, 4) is 17.2 Å². The van der Waals surface area contributed by atoms with Crippen molar-refractivity contribution in [1.29, 1.82) is 0 Å². The molecule has 0 aliphatic rings. The van der Waals surface area contributed by atoms with Crippen molar-refractivity contribution in [2.75, 3.05) is 26.6 Å². The minimum atomic E-state index is 0.175. The van der Waals surface area contributed by atoms with E-state index >= 15 is 0 Å². The van der Waals surface area contributed by atoms with E-state index in [1.54, 1.807) is 21.3 Å². The van der Waals surface area contributed by atoms with Crippen LogP contribution in [0.2, 0.25) is 0 Å². The van der Waals surface area contributed by atoms with Crippen LogP contribution in [-0.4, -0.2) is 21.3 Å². The van der Waals surface area contributed by atoms with Crippen LogP contribution >= 0.6 is 0 Å². The number of hydrogen-bond acceptors (Lipinski definition) is 4. The van der Waals surface area contributed by atoms with Crippen molar-refractivity contribution in [1.82, 2.24) is 0 Å². The molecule has 0 aliphatic heterocycles.